The number of rotatable bonds is 5. The molecule has 11 heteroatoms. The lowest BCUT2D eigenvalue weighted by atomic mass is 10.1. The van der Waals surface area contributed by atoms with E-state index in [0.29, 0.717) is 4.90 Å². The molecule has 0 aromatic heterocycles. The molecule has 0 saturated heterocycles. The van der Waals surface area contributed by atoms with Crippen LogP contribution in [0.15, 0.2) is 60.7 Å². The maximum absolute atomic E-state index is 12.9. The Balaban J connectivity index is 1.65. The number of carbonyl (C=O) groups is 2. The fraction of sp³-hybridized carbons (Fsp3) is 0. The first-order chi connectivity index (χ1) is 14.8. The third-order valence-electron chi connectivity index (χ3n) is 4.55. The largest absolute Gasteiger partial charge is 0.506 e. The molecule has 3 aromatic rings. The van der Waals surface area contributed by atoms with Crippen LogP contribution in [0.2, 0.25) is 0 Å². The number of fused-ring (bicyclic) bond motifs is 1. The number of imide groups is 1. The van der Waals surface area contributed by atoms with Crippen LogP contribution in [0.1, 0.15) is 20.7 Å². The number of anilines is 1. The minimum atomic E-state index is -0.787. The first-order valence-corrected chi connectivity index (χ1v) is 8.69. The number of nitrogens with zero attached hydrogens (tertiary/aromatic N) is 3. The third-order valence-corrected chi connectivity index (χ3v) is 4.55. The summed E-state index contributed by atoms with van der Waals surface area (Å²) in [5.41, 5.74) is -0.804. The van der Waals surface area contributed by atoms with Gasteiger partial charge in [0.05, 0.1) is 21.0 Å². The van der Waals surface area contributed by atoms with Crippen molar-refractivity contribution in [2.45, 2.75) is 0 Å². The van der Waals surface area contributed by atoms with Gasteiger partial charge in [-0.1, -0.05) is 0 Å². The number of benzene rings is 3. The van der Waals surface area contributed by atoms with Gasteiger partial charge in [-0.2, -0.15) is 0 Å². The molecule has 0 fully saturated rings. The molecule has 2 amide bonds. The first-order valence-electron chi connectivity index (χ1n) is 8.69. The van der Waals surface area contributed by atoms with Crippen LogP contribution >= 0.6 is 0 Å². The van der Waals surface area contributed by atoms with Crippen molar-refractivity contribution >= 4 is 28.9 Å². The van der Waals surface area contributed by atoms with Gasteiger partial charge in [0.1, 0.15) is 22.9 Å². The summed E-state index contributed by atoms with van der Waals surface area (Å²) in [5, 5.41) is 31.8. The highest BCUT2D eigenvalue weighted by atomic mass is 16.6. The maximum Gasteiger partial charge on any atom is 0.271 e. The van der Waals surface area contributed by atoms with E-state index in [1.165, 1.54) is 42.5 Å². The monoisotopic (exact) mass is 421 g/mol. The second-order valence-electron chi connectivity index (χ2n) is 6.44. The molecule has 0 unspecified atom stereocenters. The topological polar surface area (TPSA) is 153 Å². The molecule has 31 heavy (non-hydrogen) atoms. The molecule has 0 atom stereocenters. The van der Waals surface area contributed by atoms with E-state index in [1.54, 1.807) is 0 Å². The Morgan fingerprint density at radius 3 is 1.97 bits per heavy atom. The second kappa shape index (κ2) is 7.22. The van der Waals surface area contributed by atoms with Gasteiger partial charge in [-0.05, 0) is 36.4 Å². The van der Waals surface area contributed by atoms with Gasteiger partial charge in [-0.15, -0.1) is 0 Å². The number of non-ortho nitro benzene ring substituents is 2. The predicted molar refractivity (Wildman–Crippen MR) is 106 cm³/mol. The summed E-state index contributed by atoms with van der Waals surface area (Å²) in [6, 6.07) is 12.4. The van der Waals surface area contributed by atoms with Crippen molar-refractivity contribution in [2.24, 2.45) is 0 Å². The molecule has 0 saturated carbocycles. The molecule has 1 N–H and O–H groups in total. The lowest BCUT2D eigenvalue weighted by Crippen LogP contribution is -2.29. The quantitative estimate of drug-likeness (QED) is 0.371. The Hall–Kier alpha value is -4.80. The number of nitro benzene ring substituents is 2. The van der Waals surface area contributed by atoms with Gasteiger partial charge in [0.15, 0.2) is 0 Å². The molecule has 1 aliphatic rings. The number of ether oxygens (including phenoxy) is 1. The summed E-state index contributed by atoms with van der Waals surface area (Å²) in [7, 11) is 0. The minimum absolute atomic E-state index is 0.0182. The Bertz CT molecular complexity index is 1270. The number of nitro groups is 2. The van der Waals surface area contributed by atoms with Crippen molar-refractivity contribution in [1.82, 2.24) is 0 Å². The highest BCUT2D eigenvalue weighted by Gasteiger charge is 2.39. The highest BCUT2D eigenvalue weighted by Crippen LogP contribution is 2.38. The number of aromatic hydroxyl groups is 1. The standard InChI is InChI=1S/C20H11N3O8/c24-18-8-3-12(23(29)30)9-17(18)21-19(25)15-7-6-14(10-16(15)20(21)26)31-13-4-1-11(2-5-13)22(27)28/h1-10,24H. The zero-order valence-corrected chi connectivity index (χ0v) is 15.4. The average molecular weight is 421 g/mol. The summed E-state index contributed by atoms with van der Waals surface area (Å²) in [6.45, 7) is 0. The Morgan fingerprint density at radius 1 is 0.742 bits per heavy atom. The van der Waals surface area contributed by atoms with E-state index in [4.69, 9.17) is 4.74 Å². The summed E-state index contributed by atoms with van der Waals surface area (Å²) < 4.78 is 5.59. The van der Waals surface area contributed by atoms with Crippen LogP contribution in [0.25, 0.3) is 0 Å². The molecular formula is C20H11N3O8. The van der Waals surface area contributed by atoms with Gasteiger partial charge >= 0.3 is 0 Å². The summed E-state index contributed by atoms with van der Waals surface area (Å²) in [4.78, 5) is 46.7. The number of hydrogen-bond donors (Lipinski definition) is 1. The number of phenolic OH excluding ortho intramolecular Hbond substituents is 1. The number of amides is 2. The second-order valence-corrected chi connectivity index (χ2v) is 6.44. The van der Waals surface area contributed by atoms with Gasteiger partial charge in [0.2, 0.25) is 0 Å². The SMILES string of the molecule is O=C1c2ccc(Oc3ccc([N+](=O)[O-])cc3)cc2C(=O)N1c1cc([N+](=O)[O-])ccc1O. The number of carbonyl (C=O) groups excluding carboxylic acids is 2. The van der Waals surface area contributed by atoms with E-state index >= 15 is 0 Å². The van der Waals surface area contributed by atoms with E-state index in [1.807, 2.05) is 0 Å². The van der Waals surface area contributed by atoms with Crippen molar-refractivity contribution in [1.29, 1.82) is 0 Å². The molecule has 4 rings (SSSR count). The number of hydrogen-bond acceptors (Lipinski definition) is 8. The molecule has 1 aliphatic heterocycles. The molecule has 0 bridgehead atoms. The Kier molecular flexibility index (Phi) is 4.55. The van der Waals surface area contributed by atoms with Crippen molar-refractivity contribution in [2.75, 3.05) is 4.90 Å². The zero-order chi connectivity index (χ0) is 22.3. The van der Waals surface area contributed by atoms with Crippen LogP contribution in [0.3, 0.4) is 0 Å². The van der Waals surface area contributed by atoms with Crippen molar-refractivity contribution < 1.29 is 29.3 Å². The fourth-order valence-electron chi connectivity index (χ4n) is 3.08. The Labute approximate surface area is 173 Å². The normalized spacial score (nSPS) is 12.6. The van der Waals surface area contributed by atoms with Crippen LogP contribution in [0.4, 0.5) is 17.1 Å². The molecule has 0 radical (unpaired) electrons. The van der Waals surface area contributed by atoms with Crippen LogP contribution in [-0.2, 0) is 0 Å². The fourth-order valence-corrected chi connectivity index (χ4v) is 3.08. The van der Waals surface area contributed by atoms with Crippen LogP contribution in [0.5, 0.6) is 17.2 Å². The molecule has 1 heterocycles. The average Bonchev–Trinajstić information content (AvgIpc) is 2.98. The van der Waals surface area contributed by atoms with Crippen molar-refractivity contribution in [3.63, 3.8) is 0 Å². The van der Waals surface area contributed by atoms with Crippen LogP contribution in [-0.4, -0.2) is 26.8 Å². The summed E-state index contributed by atoms with van der Waals surface area (Å²) >= 11 is 0. The smallest absolute Gasteiger partial charge is 0.271 e. The van der Waals surface area contributed by atoms with Gasteiger partial charge < -0.3 is 9.84 Å². The third kappa shape index (κ3) is 3.40. The van der Waals surface area contributed by atoms with E-state index in [0.717, 1.165) is 18.2 Å². The molecule has 0 spiro atoms. The van der Waals surface area contributed by atoms with E-state index in [9.17, 15) is 34.9 Å². The first kappa shape index (κ1) is 19.5. The van der Waals surface area contributed by atoms with E-state index in [2.05, 4.69) is 0 Å². The van der Waals surface area contributed by atoms with Crippen molar-refractivity contribution in [3.8, 4) is 17.2 Å². The van der Waals surface area contributed by atoms with Crippen LogP contribution < -0.4 is 9.64 Å². The highest BCUT2D eigenvalue weighted by molar-refractivity contribution is 6.35. The molecular weight excluding hydrogens is 410 g/mol. The Morgan fingerprint density at radius 2 is 1.32 bits per heavy atom. The zero-order valence-electron chi connectivity index (χ0n) is 15.4. The lowest BCUT2D eigenvalue weighted by molar-refractivity contribution is -0.385. The number of phenols is 1. The van der Waals surface area contributed by atoms with Gasteiger partial charge in [-0.25, -0.2) is 4.90 Å². The summed E-state index contributed by atoms with van der Waals surface area (Å²) in [5.74, 6) is -1.54. The van der Waals surface area contributed by atoms with Gasteiger partial charge in [0, 0.05) is 24.3 Å². The van der Waals surface area contributed by atoms with E-state index < -0.39 is 33.1 Å². The van der Waals surface area contributed by atoms with Crippen molar-refractivity contribution in [3.05, 3.63) is 92.0 Å². The molecule has 0 aliphatic carbocycles. The minimum Gasteiger partial charge on any atom is -0.506 e. The predicted octanol–water partition coefficient (Wildman–Crippen LogP) is 3.80. The van der Waals surface area contributed by atoms with E-state index in [-0.39, 0.29) is 34.0 Å². The van der Waals surface area contributed by atoms with Gasteiger partial charge in [-0.3, -0.25) is 29.8 Å². The molecule has 11 nitrogen and oxygen atoms in total. The van der Waals surface area contributed by atoms with Crippen LogP contribution in [0, 0.1) is 20.2 Å². The summed E-state index contributed by atoms with van der Waals surface area (Å²) in [6.07, 6.45) is 0. The van der Waals surface area contributed by atoms with Gasteiger partial charge in [0.25, 0.3) is 23.2 Å². The molecule has 3 aromatic carbocycles. The lowest BCUT2D eigenvalue weighted by Gasteiger charge is -2.14. The molecule has 154 valence electrons. The maximum atomic E-state index is 12.9.